The Balaban J connectivity index is 2.06. The molecule has 1 heterocycles. The summed E-state index contributed by atoms with van der Waals surface area (Å²) in [7, 11) is 0. The molecule has 0 fully saturated rings. The van der Waals surface area contributed by atoms with E-state index in [2.05, 4.69) is 64.6 Å². The van der Waals surface area contributed by atoms with Gasteiger partial charge in [0.2, 0.25) is 0 Å². The van der Waals surface area contributed by atoms with Crippen LogP contribution in [0.1, 0.15) is 11.4 Å². The average molecular weight is 258 g/mol. The molecule has 0 saturated heterocycles. The van der Waals surface area contributed by atoms with Crippen LogP contribution in [0.25, 0.3) is 21.5 Å². The lowest BCUT2D eigenvalue weighted by molar-refractivity contribution is 1.04. The van der Waals surface area contributed by atoms with Crippen LogP contribution in [-0.4, -0.2) is 9.97 Å². The van der Waals surface area contributed by atoms with Crippen LogP contribution in [-0.2, 0) is 6.42 Å². The first-order chi connectivity index (χ1) is 9.92. The maximum atomic E-state index is 4.37. The summed E-state index contributed by atoms with van der Waals surface area (Å²) in [6.07, 6.45) is 4.51. The van der Waals surface area contributed by atoms with Gasteiger partial charge >= 0.3 is 0 Å². The molecule has 2 nitrogen and oxygen atoms in total. The molecule has 0 saturated carbocycles. The zero-order valence-corrected chi connectivity index (χ0v) is 11.0. The van der Waals surface area contributed by atoms with Gasteiger partial charge in [-0.2, -0.15) is 0 Å². The van der Waals surface area contributed by atoms with Gasteiger partial charge in [0.25, 0.3) is 0 Å². The number of aromatic nitrogens is 2. The molecular formula is C18H14N2. The summed E-state index contributed by atoms with van der Waals surface area (Å²) in [5, 5.41) is 5.19. The van der Waals surface area contributed by atoms with Crippen molar-refractivity contribution in [1.82, 2.24) is 9.97 Å². The van der Waals surface area contributed by atoms with Crippen LogP contribution in [0.15, 0.2) is 67.0 Å². The molecular weight excluding hydrogens is 244 g/mol. The number of benzene rings is 3. The van der Waals surface area contributed by atoms with E-state index in [9.17, 15) is 0 Å². The molecule has 0 atom stereocenters. The quantitative estimate of drug-likeness (QED) is 0.533. The number of H-pyrrole nitrogens is 1. The number of nitrogens with one attached hydrogen (secondary N) is 1. The summed E-state index contributed by atoms with van der Waals surface area (Å²) in [4.78, 5) is 7.57. The van der Waals surface area contributed by atoms with Crippen LogP contribution >= 0.6 is 0 Å². The second-order valence-corrected chi connectivity index (χ2v) is 5.01. The fraction of sp³-hybridized carbons (Fsp3) is 0.0556. The molecule has 96 valence electrons. The third-order valence-electron chi connectivity index (χ3n) is 3.78. The van der Waals surface area contributed by atoms with E-state index in [1.807, 2.05) is 12.4 Å². The van der Waals surface area contributed by atoms with E-state index >= 15 is 0 Å². The summed E-state index contributed by atoms with van der Waals surface area (Å²) in [5.74, 6) is 1.01. The zero-order chi connectivity index (χ0) is 13.4. The van der Waals surface area contributed by atoms with E-state index in [4.69, 9.17) is 0 Å². The monoisotopic (exact) mass is 258 g/mol. The lowest BCUT2D eigenvalue weighted by atomic mass is 9.95. The predicted molar refractivity (Wildman–Crippen MR) is 82.8 cm³/mol. The number of fused-ring (bicyclic) bond motifs is 2. The Morgan fingerprint density at radius 3 is 2.10 bits per heavy atom. The summed E-state index contributed by atoms with van der Waals surface area (Å²) in [6, 6.07) is 19.4. The standard InChI is InChI=1S/C18H14N2/c1-3-7-15-13(5-1)11-14-6-2-4-8-16(14)17(15)12-18-19-9-10-20-18/h1-11H,12H2,(H,19,20). The van der Waals surface area contributed by atoms with Gasteiger partial charge in [-0.1, -0.05) is 48.5 Å². The van der Waals surface area contributed by atoms with Crippen LogP contribution in [0.2, 0.25) is 0 Å². The molecule has 0 aliphatic carbocycles. The van der Waals surface area contributed by atoms with Gasteiger partial charge in [-0.25, -0.2) is 4.98 Å². The minimum atomic E-state index is 0.828. The molecule has 20 heavy (non-hydrogen) atoms. The Labute approximate surface area is 117 Å². The van der Waals surface area contributed by atoms with Crippen molar-refractivity contribution in [2.45, 2.75) is 6.42 Å². The summed E-state index contributed by atoms with van der Waals surface area (Å²) in [6.45, 7) is 0. The molecule has 0 spiro atoms. The van der Waals surface area contributed by atoms with E-state index in [-0.39, 0.29) is 0 Å². The molecule has 4 rings (SSSR count). The Bertz CT molecular complexity index is 822. The number of nitrogens with zero attached hydrogens (tertiary/aromatic N) is 1. The smallest absolute Gasteiger partial charge is 0.110 e. The number of rotatable bonds is 2. The maximum Gasteiger partial charge on any atom is 0.110 e. The molecule has 0 aliphatic heterocycles. The van der Waals surface area contributed by atoms with Crippen molar-refractivity contribution in [2.75, 3.05) is 0 Å². The van der Waals surface area contributed by atoms with Crippen LogP contribution < -0.4 is 0 Å². The first kappa shape index (κ1) is 11.2. The molecule has 2 heteroatoms. The highest BCUT2D eigenvalue weighted by Gasteiger charge is 2.08. The predicted octanol–water partition coefficient (Wildman–Crippen LogP) is 4.31. The SMILES string of the molecule is c1ccc2c(Cc3ncc[nH]3)c3ccccc3cc2c1. The first-order valence-electron chi connectivity index (χ1n) is 6.79. The molecule has 0 radical (unpaired) electrons. The van der Waals surface area contributed by atoms with Crippen molar-refractivity contribution in [3.63, 3.8) is 0 Å². The molecule has 0 unspecified atom stereocenters. The number of aromatic amines is 1. The summed E-state index contributed by atoms with van der Waals surface area (Å²) < 4.78 is 0. The van der Waals surface area contributed by atoms with Crippen LogP contribution in [0.4, 0.5) is 0 Å². The van der Waals surface area contributed by atoms with Gasteiger partial charge in [-0.3, -0.25) is 0 Å². The fourth-order valence-corrected chi connectivity index (χ4v) is 2.86. The third-order valence-corrected chi connectivity index (χ3v) is 3.78. The Kier molecular flexibility index (Phi) is 2.52. The number of hydrogen-bond donors (Lipinski definition) is 1. The Morgan fingerprint density at radius 1 is 0.850 bits per heavy atom. The summed E-state index contributed by atoms with van der Waals surface area (Å²) >= 11 is 0. The minimum absolute atomic E-state index is 0.828. The second kappa shape index (κ2) is 4.49. The van der Waals surface area contributed by atoms with Crippen molar-refractivity contribution < 1.29 is 0 Å². The lowest BCUT2D eigenvalue weighted by Crippen LogP contribution is -1.94. The number of hydrogen-bond acceptors (Lipinski definition) is 1. The van der Waals surface area contributed by atoms with Gasteiger partial charge in [0.15, 0.2) is 0 Å². The second-order valence-electron chi connectivity index (χ2n) is 5.01. The van der Waals surface area contributed by atoms with Gasteiger partial charge in [0.1, 0.15) is 5.82 Å². The normalized spacial score (nSPS) is 11.2. The van der Waals surface area contributed by atoms with Crippen molar-refractivity contribution in [3.8, 4) is 0 Å². The van der Waals surface area contributed by atoms with Crippen molar-refractivity contribution in [1.29, 1.82) is 0 Å². The highest BCUT2D eigenvalue weighted by atomic mass is 14.9. The maximum absolute atomic E-state index is 4.37. The highest BCUT2D eigenvalue weighted by Crippen LogP contribution is 2.29. The van der Waals surface area contributed by atoms with E-state index in [1.165, 1.54) is 27.1 Å². The molecule has 0 amide bonds. The van der Waals surface area contributed by atoms with E-state index in [0.29, 0.717) is 0 Å². The topological polar surface area (TPSA) is 28.7 Å². The van der Waals surface area contributed by atoms with Crippen LogP contribution in [0, 0.1) is 0 Å². The molecule has 1 N–H and O–H groups in total. The van der Waals surface area contributed by atoms with Gasteiger partial charge in [0.05, 0.1) is 0 Å². The van der Waals surface area contributed by atoms with Gasteiger partial charge < -0.3 is 4.98 Å². The number of imidazole rings is 1. The van der Waals surface area contributed by atoms with E-state index in [0.717, 1.165) is 12.2 Å². The zero-order valence-electron chi connectivity index (χ0n) is 11.0. The molecule has 0 bridgehead atoms. The summed E-state index contributed by atoms with van der Waals surface area (Å²) in [5.41, 5.74) is 1.34. The van der Waals surface area contributed by atoms with Gasteiger partial charge in [-0.15, -0.1) is 0 Å². The van der Waals surface area contributed by atoms with Crippen molar-refractivity contribution in [3.05, 3.63) is 78.4 Å². The molecule has 1 aromatic heterocycles. The molecule has 3 aromatic carbocycles. The van der Waals surface area contributed by atoms with E-state index in [1.54, 1.807) is 0 Å². The van der Waals surface area contributed by atoms with Gasteiger partial charge in [-0.05, 0) is 33.2 Å². The van der Waals surface area contributed by atoms with Crippen molar-refractivity contribution in [2.24, 2.45) is 0 Å². The highest BCUT2D eigenvalue weighted by molar-refractivity contribution is 6.02. The Hall–Kier alpha value is -2.61. The average Bonchev–Trinajstić information content (AvgIpc) is 3.00. The van der Waals surface area contributed by atoms with Crippen molar-refractivity contribution >= 4 is 21.5 Å². The molecule has 0 aliphatic rings. The Morgan fingerprint density at radius 2 is 1.50 bits per heavy atom. The van der Waals surface area contributed by atoms with E-state index < -0.39 is 0 Å². The largest absolute Gasteiger partial charge is 0.348 e. The lowest BCUT2D eigenvalue weighted by Gasteiger charge is -2.10. The first-order valence-corrected chi connectivity index (χ1v) is 6.79. The van der Waals surface area contributed by atoms with Crippen LogP contribution in [0.5, 0.6) is 0 Å². The van der Waals surface area contributed by atoms with Crippen LogP contribution in [0.3, 0.4) is 0 Å². The third kappa shape index (κ3) is 1.77. The minimum Gasteiger partial charge on any atom is -0.348 e. The fourth-order valence-electron chi connectivity index (χ4n) is 2.86. The van der Waals surface area contributed by atoms with Gasteiger partial charge in [0, 0.05) is 18.8 Å². The molecule has 4 aromatic rings.